The summed E-state index contributed by atoms with van der Waals surface area (Å²) < 4.78 is 34.9. The molecular weight excluding hydrogens is 440 g/mol. The fourth-order valence-corrected chi connectivity index (χ4v) is 4.56. The first kappa shape index (κ1) is 25.2. The van der Waals surface area contributed by atoms with E-state index < -0.39 is 14.4 Å². The van der Waals surface area contributed by atoms with Crippen molar-refractivity contribution >= 4 is 8.32 Å². The standard InChI is InChI=1S/C25H36O7Si/c1-15(26)17-11-19-20(31-14-30-19)12-18(17)22-16(13-32-33(8,9)25(2,3)4)10-21(27-5)23(28-6)24(22)29-7/h10-12,15,26H,13-14H2,1-9H3/t15-/m0/s1. The largest absolute Gasteiger partial charge is 0.493 e. The summed E-state index contributed by atoms with van der Waals surface area (Å²) in [6.45, 7) is 13.3. The molecule has 1 aliphatic rings. The SMILES string of the molecule is COc1cc(CO[Si](C)(C)C(C)(C)C)c(-c2cc3c(cc2[C@H](C)O)OCO3)c(OC)c1OC. The molecule has 1 atom stereocenters. The van der Waals surface area contributed by atoms with Crippen molar-refractivity contribution in [3.8, 4) is 39.9 Å². The van der Waals surface area contributed by atoms with Gasteiger partial charge in [0.05, 0.1) is 34.0 Å². The van der Waals surface area contributed by atoms with Crippen molar-refractivity contribution in [2.75, 3.05) is 28.1 Å². The van der Waals surface area contributed by atoms with Gasteiger partial charge in [-0.2, -0.15) is 0 Å². The third-order valence-electron chi connectivity index (χ3n) is 6.57. The van der Waals surface area contributed by atoms with Crippen molar-refractivity contribution < 1.29 is 33.2 Å². The number of fused-ring (bicyclic) bond motifs is 1. The minimum absolute atomic E-state index is 0.0529. The predicted molar refractivity (Wildman–Crippen MR) is 130 cm³/mol. The number of ether oxygens (including phenoxy) is 5. The topological polar surface area (TPSA) is 75.6 Å². The molecule has 2 aromatic carbocycles. The summed E-state index contributed by atoms with van der Waals surface area (Å²) in [6.07, 6.45) is -0.749. The van der Waals surface area contributed by atoms with E-state index in [0.717, 1.165) is 16.7 Å². The number of hydrogen-bond donors (Lipinski definition) is 1. The molecule has 0 spiro atoms. The first-order chi connectivity index (χ1) is 15.4. The van der Waals surface area contributed by atoms with Crippen molar-refractivity contribution in [3.05, 3.63) is 29.3 Å². The highest BCUT2D eigenvalue weighted by Gasteiger charge is 2.38. The average molecular weight is 477 g/mol. The Hall–Kier alpha value is -2.42. The summed E-state index contributed by atoms with van der Waals surface area (Å²) in [5.74, 6) is 2.74. The molecule has 0 aromatic heterocycles. The summed E-state index contributed by atoms with van der Waals surface area (Å²) in [4.78, 5) is 0. The van der Waals surface area contributed by atoms with Crippen LogP contribution in [0.1, 0.15) is 44.9 Å². The Morgan fingerprint density at radius 3 is 2.09 bits per heavy atom. The zero-order valence-electron chi connectivity index (χ0n) is 21.1. The molecule has 33 heavy (non-hydrogen) atoms. The van der Waals surface area contributed by atoms with Crippen LogP contribution in [0.3, 0.4) is 0 Å². The lowest BCUT2D eigenvalue weighted by Gasteiger charge is -2.36. The van der Waals surface area contributed by atoms with Crippen LogP contribution < -0.4 is 23.7 Å². The van der Waals surface area contributed by atoms with E-state index in [-0.39, 0.29) is 11.8 Å². The molecule has 0 fully saturated rings. The van der Waals surface area contributed by atoms with E-state index in [9.17, 15) is 5.11 Å². The molecule has 0 aliphatic carbocycles. The van der Waals surface area contributed by atoms with Crippen LogP contribution in [0, 0.1) is 0 Å². The number of hydrogen-bond acceptors (Lipinski definition) is 7. The molecule has 8 heteroatoms. The van der Waals surface area contributed by atoms with Crippen molar-refractivity contribution in [3.63, 3.8) is 0 Å². The van der Waals surface area contributed by atoms with Gasteiger partial charge in [0, 0.05) is 5.56 Å². The second-order valence-electron chi connectivity index (χ2n) is 9.70. The second-order valence-corrected chi connectivity index (χ2v) is 14.5. The van der Waals surface area contributed by atoms with Crippen LogP contribution in [0.4, 0.5) is 0 Å². The minimum atomic E-state index is -2.05. The van der Waals surface area contributed by atoms with E-state index in [2.05, 4.69) is 33.9 Å². The summed E-state index contributed by atoms with van der Waals surface area (Å²) in [5, 5.41) is 10.7. The van der Waals surface area contributed by atoms with Crippen LogP contribution >= 0.6 is 0 Å². The van der Waals surface area contributed by atoms with Gasteiger partial charge >= 0.3 is 0 Å². The third-order valence-corrected chi connectivity index (χ3v) is 11.0. The molecule has 3 rings (SSSR count). The van der Waals surface area contributed by atoms with Gasteiger partial charge in [-0.1, -0.05) is 20.8 Å². The van der Waals surface area contributed by atoms with Crippen LogP contribution in [0.15, 0.2) is 18.2 Å². The maximum atomic E-state index is 10.6. The van der Waals surface area contributed by atoms with Gasteiger partial charge in [-0.3, -0.25) is 0 Å². The summed E-state index contributed by atoms with van der Waals surface area (Å²) in [6, 6.07) is 5.61. The summed E-state index contributed by atoms with van der Waals surface area (Å²) in [7, 11) is 2.71. The molecule has 2 aromatic rings. The fourth-order valence-electron chi connectivity index (χ4n) is 3.61. The number of rotatable bonds is 8. The number of aliphatic hydroxyl groups excluding tert-OH is 1. The van der Waals surface area contributed by atoms with Crippen LogP contribution in [-0.4, -0.2) is 41.5 Å². The number of benzene rings is 2. The summed E-state index contributed by atoms with van der Waals surface area (Å²) >= 11 is 0. The highest BCUT2D eigenvalue weighted by Crippen LogP contribution is 2.51. The van der Waals surface area contributed by atoms with E-state index in [1.807, 2.05) is 18.2 Å². The fraction of sp³-hybridized carbons (Fsp3) is 0.520. The highest BCUT2D eigenvalue weighted by molar-refractivity contribution is 6.74. The van der Waals surface area contributed by atoms with Gasteiger partial charge < -0.3 is 33.2 Å². The molecular formula is C25H36O7Si. The Kier molecular flexibility index (Phi) is 7.21. The Morgan fingerprint density at radius 1 is 0.970 bits per heavy atom. The van der Waals surface area contributed by atoms with Crippen molar-refractivity contribution in [1.82, 2.24) is 0 Å². The minimum Gasteiger partial charge on any atom is -0.493 e. The van der Waals surface area contributed by atoms with Crippen molar-refractivity contribution in [2.24, 2.45) is 0 Å². The van der Waals surface area contributed by atoms with E-state index in [1.54, 1.807) is 28.3 Å². The van der Waals surface area contributed by atoms with Gasteiger partial charge in [-0.25, -0.2) is 0 Å². The average Bonchev–Trinajstić information content (AvgIpc) is 3.22. The Balaban J connectivity index is 2.28. The molecule has 0 unspecified atom stereocenters. The smallest absolute Gasteiger partial charge is 0.231 e. The lowest BCUT2D eigenvalue weighted by atomic mass is 9.91. The maximum Gasteiger partial charge on any atom is 0.231 e. The van der Waals surface area contributed by atoms with E-state index in [0.29, 0.717) is 40.9 Å². The second kappa shape index (κ2) is 9.44. The Labute approximate surface area is 197 Å². The van der Waals surface area contributed by atoms with Crippen LogP contribution in [0.5, 0.6) is 28.7 Å². The number of methoxy groups -OCH3 is 3. The van der Waals surface area contributed by atoms with Crippen molar-refractivity contribution in [2.45, 2.75) is 58.5 Å². The van der Waals surface area contributed by atoms with E-state index in [4.69, 9.17) is 28.1 Å². The molecule has 0 saturated heterocycles. The normalized spacial score (nSPS) is 14.2. The zero-order chi connectivity index (χ0) is 24.6. The van der Waals surface area contributed by atoms with Crippen LogP contribution in [-0.2, 0) is 11.0 Å². The summed E-state index contributed by atoms with van der Waals surface area (Å²) in [5.41, 5.74) is 3.09. The van der Waals surface area contributed by atoms with Gasteiger partial charge in [-0.15, -0.1) is 0 Å². The monoisotopic (exact) mass is 476 g/mol. The molecule has 1 N–H and O–H groups in total. The first-order valence-electron chi connectivity index (χ1n) is 11.0. The van der Waals surface area contributed by atoms with Gasteiger partial charge in [0.2, 0.25) is 12.5 Å². The lowest BCUT2D eigenvalue weighted by molar-refractivity contribution is 0.173. The molecule has 0 radical (unpaired) electrons. The van der Waals surface area contributed by atoms with Crippen LogP contribution in [0.2, 0.25) is 18.1 Å². The quantitative estimate of drug-likeness (QED) is 0.491. The molecule has 0 saturated carbocycles. The molecule has 182 valence electrons. The molecule has 0 amide bonds. The Morgan fingerprint density at radius 2 is 1.58 bits per heavy atom. The molecule has 1 aliphatic heterocycles. The third kappa shape index (κ3) is 4.78. The van der Waals surface area contributed by atoms with Crippen LogP contribution in [0.25, 0.3) is 11.1 Å². The van der Waals surface area contributed by atoms with Gasteiger partial charge in [0.25, 0.3) is 0 Å². The van der Waals surface area contributed by atoms with E-state index in [1.165, 1.54) is 0 Å². The van der Waals surface area contributed by atoms with E-state index >= 15 is 0 Å². The molecule has 0 bridgehead atoms. The zero-order valence-corrected chi connectivity index (χ0v) is 22.1. The predicted octanol–water partition coefficient (Wildman–Crippen LogP) is 5.68. The number of aliphatic hydroxyl groups is 1. The first-order valence-corrected chi connectivity index (χ1v) is 13.9. The maximum absolute atomic E-state index is 10.6. The lowest BCUT2D eigenvalue weighted by Crippen LogP contribution is -2.40. The van der Waals surface area contributed by atoms with Gasteiger partial charge in [0.15, 0.2) is 31.3 Å². The molecule has 1 heterocycles. The molecule has 7 nitrogen and oxygen atoms in total. The van der Waals surface area contributed by atoms with Crippen molar-refractivity contribution in [1.29, 1.82) is 0 Å². The van der Waals surface area contributed by atoms with Gasteiger partial charge in [0.1, 0.15) is 0 Å². The Bertz CT molecular complexity index is 1010. The van der Waals surface area contributed by atoms with Gasteiger partial charge in [-0.05, 0) is 59.9 Å². The highest BCUT2D eigenvalue weighted by atomic mass is 28.4.